The Labute approximate surface area is 99.6 Å². The Morgan fingerprint density at radius 2 is 2.47 bits per heavy atom. The SMILES string of the molecule is CCCc1c(C(=O)O)nnn1CC1CCOC1. The van der Waals surface area contributed by atoms with Crippen LogP contribution in [0.25, 0.3) is 0 Å². The molecule has 1 aliphatic heterocycles. The zero-order chi connectivity index (χ0) is 12.3. The third kappa shape index (κ3) is 2.63. The summed E-state index contributed by atoms with van der Waals surface area (Å²) in [4.78, 5) is 11.0. The summed E-state index contributed by atoms with van der Waals surface area (Å²) in [5, 5.41) is 16.7. The predicted molar refractivity (Wildman–Crippen MR) is 59.9 cm³/mol. The molecule has 94 valence electrons. The Balaban J connectivity index is 2.17. The fraction of sp³-hybridized carbons (Fsp3) is 0.727. The van der Waals surface area contributed by atoms with Gasteiger partial charge in [-0.2, -0.15) is 0 Å². The molecule has 1 aromatic heterocycles. The van der Waals surface area contributed by atoms with Gasteiger partial charge in [-0.05, 0) is 12.8 Å². The topological polar surface area (TPSA) is 77.2 Å². The molecule has 1 aromatic rings. The van der Waals surface area contributed by atoms with Crippen LogP contribution in [0.15, 0.2) is 0 Å². The molecule has 6 heteroatoms. The molecule has 0 radical (unpaired) electrons. The molecule has 1 fully saturated rings. The molecule has 0 spiro atoms. The first-order valence-electron chi connectivity index (χ1n) is 5.95. The number of carbonyl (C=O) groups is 1. The molecule has 1 saturated heterocycles. The molecule has 6 nitrogen and oxygen atoms in total. The zero-order valence-corrected chi connectivity index (χ0v) is 9.93. The molecular formula is C11H17N3O3. The lowest BCUT2D eigenvalue weighted by atomic mass is 10.1. The average molecular weight is 239 g/mol. The van der Waals surface area contributed by atoms with Gasteiger partial charge in [0.25, 0.3) is 0 Å². The Morgan fingerprint density at radius 1 is 1.65 bits per heavy atom. The van der Waals surface area contributed by atoms with E-state index in [-0.39, 0.29) is 5.69 Å². The van der Waals surface area contributed by atoms with Crippen LogP contribution in [0.4, 0.5) is 0 Å². The number of ether oxygens (including phenoxy) is 1. The molecule has 1 atom stereocenters. The second kappa shape index (κ2) is 5.27. The number of hydrogen-bond donors (Lipinski definition) is 1. The minimum Gasteiger partial charge on any atom is -0.476 e. The Bertz CT molecular complexity index is 397. The summed E-state index contributed by atoms with van der Waals surface area (Å²) < 4.78 is 7.03. The van der Waals surface area contributed by atoms with Crippen molar-refractivity contribution in [3.63, 3.8) is 0 Å². The Morgan fingerprint density at radius 3 is 3.06 bits per heavy atom. The van der Waals surface area contributed by atoms with E-state index in [0.717, 1.165) is 31.7 Å². The molecule has 1 unspecified atom stereocenters. The first-order chi connectivity index (χ1) is 8.22. The molecule has 0 amide bonds. The minimum absolute atomic E-state index is 0.0887. The van der Waals surface area contributed by atoms with Crippen molar-refractivity contribution in [3.8, 4) is 0 Å². The van der Waals surface area contributed by atoms with Crippen molar-refractivity contribution in [3.05, 3.63) is 11.4 Å². The highest BCUT2D eigenvalue weighted by atomic mass is 16.5. The van der Waals surface area contributed by atoms with E-state index in [2.05, 4.69) is 10.3 Å². The molecule has 17 heavy (non-hydrogen) atoms. The molecule has 2 heterocycles. The molecule has 2 rings (SSSR count). The smallest absolute Gasteiger partial charge is 0.358 e. The van der Waals surface area contributed by atoms with Crippen molar-refractivity contribution >= 4 is 5.97 Å². The highest BCUT2D eigenvalue weighted by molar-refractivity contribution is 5.86. The third-order valence-corrected chi connectivity index (χ3v) is 2.98. The number of hydrogen-bond acceptors (Lipinski definition) is 4. The normalized spacial score (nSPS) is 19.7. The van der Waals surface area contributed by atoms with Gasteiger partial charge in [-0.15, -0.1) is 5.10 Å². The fourth-order valence-electron chi connectivity index (χ4n) is 2.10. The fourth-order valence-corrected chi connectivity index (χ4v) is 2.10. The average Bonchev–Trinajstić information content (AvgIpc) is 2.90. The molecule has 0 saturated carbocycles. The van der Waals surface area contributed by atoms with E-state index in [1.807, 2.05) is 6.92 Å². The van der Waals surface area contributed by atoms with Gasteiger partial charge in [0.1, 0.15) is 0 Å². The van der Waals surface area contributed by atoms with Crippen molar-refractivity contribution in [2.45, 2.75) is 32.7 Å². The van der Waals surface area contributed by atoms with Crippen LogP contribution >= 0.6 is 0 Å². The zero-order valence-electron chi connectivity index (χ0n) is 9.93. The van der Waals surface area contributed by atoms with Gasteiger partial charge in [-0.1, -0.05) is 18.6 Å². The maximum Gasteiger partial charge on any atom is 0.358 e. The van der Waals surface area contributed by atoms with E-state index in [9.17, 15) is 4.79 Å². The van der Waals surface area contributed by atoms with Gasteiger partial charge in [-0.3, -0.25) is 0 Å². The predicted octanol–water partition coefficient (Wildman–Crippen LogP) is 0.965. The lowest BCUT2D eigenvalue weighted by Gasteiger charge is -2.10. The Hall–Kier alpha value is -1.43. The molecular weight excluding hydrogens is 222 g/mol. The highest BCUT2D eigenvalue weighted by Gasteiger charge is 2.22. The maximum atomic E-state index is 11.0. The Kier molecular flexibility index (Phi) is 3.73. The number of aromatic carboxylic acids is 1. The number of nitrogens with zero attached hydrogens (tertiary/aromatic N) is 3. The second-order valence-electron chi connectivity index (χ2n) is 4.35. The first kappa shape index (κ1) is 12.0. The summed E-state index contributed by atoms with van der Waals surface area (Å²) in [6.45, 7) is 4.24. The van der Waals surface area contributed by atoms with Crippen molar-refractivity contribution in [1.29, 1.82) is 0 Å². The summed E-state index contributed by atoms with van der Waals surface area (Å²) in [6, 6.07) is 0. The van der Waals surface area contributed by atoms with E-state index in [1.165, 1.54) is 0 Å². The van der Waals surface area contributed by atoms with Gasteiger partial charge in [0.15, 0.2) is 5.69 Å². The largest absolute Gasteiger partial charge is 0.476 e. The summed E-state index contributed by atoms with van der Waals surface area (Å²) in [5.41, 5.74) is 0.817. The van der Waals surface area contributed by atoms with Crippen LogP contribution in [-0.2, 0) is 17.7 Å². The first-order valence-corrected chi connectivity index (χ1v) is 5.95. The summed E-state index contributed by atoms with van der Waals surface area (Å²) >= 11 is 0. The third-order valence-electron chi connectivity index (χ3n) is 2.98. The number of carboxylic acids is 1. The van der Waals surface area contributed by atoms with Crippen LogP contribution in [-0.4, -0.2) is 39.3 Å². The van der Waals surface area contributed by atoms with Crippen molar-refractivity contribution in [1.82, 2.24) is 15.0 Å². The number of carboxylic acid groups (broad SMARTS) is 1. The van der Waals surface area contributed by atoms with Gasteiger partial charge in [-0.25, -0.2) is 9.48 Å². The molecule has 1 aliphatic rings. The summed E-state index contributed by atoms with van der Waals surface area (Å²) in [5.74, 6) is -0.573. The lowest BCUT2D eigenvalue weighted by Crippen LogP contribution is -2.15. The molecule has 0 aromatic carbocycles. The van der Waals surface area contributed by atoms with Crippen molar-refractivity contribution < 1.29 is 14.6 Å². The molecule has 0 bridgehead atoms. The van der Waals surface area contributed by atoms with Gasteiger partial charge in [0.05, 0.1) is 12.3 Å². The quantitative estimate of drug-likeness (QED) is 0.828. The molecule has 1 N–H and O–H groups in total. The van der Waals surface area contributed by atoms with Crippen LogP contribution in [0, 0.1) is 5.92 Å². The van der Waals surface area contributed by atoms with Crippen LogP contribution in [0.1, 0.15) is 35.9 Å². The van der Waals surface area contributed by atoms with E-state index in [4.69, 9.17) is 9.84 Å². The summed E-state index contributed by atoms with van der Waals surface area (Å²) in [7, 11) is 0. The number of rotatable bonds is 5. The van der Waals surface area contributed by atoms with Crippen LogP contribution in [0.5, 0.6) is 0 Å². The lowest BCUT2D eigenvalue weighted by molar-refractivity contribution is 0.0689. The second-order valence-corrected chi connectivity index (χ2v) is 4.35. The molecule has 0 aliphatic carbocycles. The van der Waals surface area contributed by atoms with E-state index < -0.39 is 5.97 Å². The van der Waals surface area contributed by atoms with E-state index >= 15 is 0 Å². The maximum absolute atomic E-state index is 11.0. The van der Waals surface area contributed by atoms with Crippen molar-refractivity contribution in [2.75, 3.05) is 13.2 Å². The van der Waals surface area contributed by atoms with Crippen molar-refractivity contribution in [2.24, 2.45) is 5.92 Å². The van der Waals surface area contributed by atoms with Gasteiger partial charge in [0, 0.05) is 19.1 Å². The van der Waals surface area contributed by atoms with E-state index in [1.54, 1.807) is 4.68 Å². The van der Waals surface area contributed by atoms with Gasteiger partial charge < -0.3 is 9.84 Å². The van der Waals surface area contributed by atoms with Gasteiger partial charge >= 0.3 is 5.97 Å². The highest BCUT2D eigenvalue weighted by Crippen LogP contribution is 2.17. The standard InChI is InChI=1S/C11H17N3O3/c1-2-3-9-10(11(15)16)12-13-14(9)6-8-4-5-17-7-8/h8H,2-7H2,1H3,(H,15,16). The monoisotopic (exact) mass is 239 g/mol. The van der Waals surface area contributed by atoms with Gasteiger partial charge in [0.2, 0.25) is 0 Å². The number of aromatic nitrogens is 3. The van der Waals surface area contributed by atoms with Crippen LogP contribution in [0.2, 0.25) is 0 Å². The van der Waals surface area contributed by atoms with E-state index in [0.29, 0.717) is 18.9 Å². The van der Waals surface area contributed by atoms with Crippen LogP contribution in [0.3, 0.4) is 0 Å². The minimum atomic E-state index is -0.998. The summed E-state index contributed by atoms with van der Waals surface area (Å²) in [6.07, 6.45) is 2.59. The van der Waals surface area contributed by atoms with Crippen LogP contribution < -0.4 is 0 Å².